The number of aliphatic hydroxyl groups is 1. The Morgan fingerprint density at radius 2 is 2.07 bits per heavy atom. The van der Waals surface area contributed by atoms with E-state index < -0.39 is 5.60 Å². The zero-order chi connectivity index (χ0) is 10.5. The van der Waals surface area contributed by atoms with Crippen LogP contribution in [-0.2, 0) is 6.42 Å². The summed E-state index contributed by atoms with van der Waals surface area (Å²) in [6, 6.07) is 6.42. The summed E-state index contributed by atoms with van der Waals surface area (Å²) in [4.78, 5) is 0. The summed E-state index contributed by atoms with van der Waals surface area (Å²) < 4.78 is 0. The summed E-state index contributed by atoms with van der Waals surface area (Å²) in [6.45, 7) is 2.17. The predicted molar refractivity (Wildman–Crippen MR) is 61.7 cm³/mol. The van der Waals surface area contributed by atoms with Gasteiger partial charge in [-0.25, -0.2) is 0 Å². The maximum absolute atomic E-state index is 10.2. The molecule has 0 saturated heterocycles. The van der Waals surface area contributed by atoms with Gasteiger partial charge in [-0.15, -0.1) is 0 Å². The molecular weight excluding hydrogens is 184 g/mol. The standard InChI is InChI=1S/C14H16O/c1-10-4-2-6-12-11(10)5-3-7-13(12)14(15)8-9-14/h2,4,6-7,15H,3,5,8-9H2,1H3. The van der Waals surface area contributed by atoms with Crippen molar-refractivity contribution in [2.24, 2.45) is 0 Å². The molecule has 78 valence electrons. The van der Waals surface area contributed by atoms with Crippen LogP contribution in [0.5, 0.6) is 0 Å². The van der Waals surface area contributed by atoms with E-state index in [4.69, 9.17) is 0 Å². The molecule has 1 saturated carbocycles. The van der Waals surface area contributed by atoms with E-state index in [0.29, 0.717) is 0 Å². The molecule has 0 atom stereocenters. The molecule has 1 aromatic rings. The fraction of sp³-hybridized carbons (Fsp3) is 0.429. The zero-order valence-electron chi connectivity index (χ0n) is 9.09. The van der Waals surface area contributed by atoms with Gasteiger partial charge in [-0.3, -0.25) is 0 Å². The smallest absolute Gasteiger partial charge is 0.0901 e. The highest BCUT2D eigenvalue weighted by Gasteiger charge is 2.45. The van der Waals surface area contributed by atoms with Gasteiger partial charge >= 0.3 is 0 Å². The average Bonchev–Trinajstić information content (AvgIpc) is 2.98. The molecule has 2 aliphatic carbocycles. The van der Waals surface area contributed by atoms with Crippen LogP contribution in [0.3, 0.4) is 0 Å². The van der Waals surface area contributed by atoms with Crippen molar-refractivity contribution < 1.29 is 5.11 Å². The number of benzene rings is 1. The SMILES string of the molecule is Cc1cccc2c1CCC=C2C1(O)CC1. The van der Waals surface area contributed by atoms with Crippen LogP contribution in [0.4, 0.5) is 0 Å². The first-order chi connectivity index (χ1) is 7.21. The second kappa shape index (κ2) is 2.96. The monoisotopic (exact) mass is 200 g/mol. The second-order valence-corrected chi connectivity index (χ2v) is 4.79. The molecule has 2 aliphatic rings. The number of rotatable bonds is 1. The van der Waals surface area contributed by atoms with E-state index >= 15 is 0 Å². The Kier molecular flexibility index (Phi) is 1.81. The minimum atomic E-state index is -0.483. The Balaban J connectivity index is 2.14. The van der Waals surface area contributed by atoms with Crippen molar-refractivity contribution in [2.45, 2.75) is 38.2 Å². The predicted octanol–water partition coefficient (Wildman–Crippen LogP) is 2.85. The minimum Gasteiger partial charge on any atom is -0.385 e. The van der Waals surface area contributed by atoms with Crippen LogP contribution in [0, 0.1) is 6.92 Å². The lowest BCUT2D eigenvalue weighted by molar-refractivity contribution is 0.211. The van der Waals surface area contributed by atoms with Crippen molar-refractivity contribution in [1.82, 2.24) is 0 Å². The maximum Gasteiger partial charge on any atom is 0.0901 e. The third kappa shape index (κ3) is 1.34. The quantitative estimate of drug-likeness (QED) is 0.739. The molecule has 1 fully saturated rings. The van der Waals surface area contributed by atoms with E-state index in [1.807, 2.05) is 0 Å². The van der Waals surface area contributed by atoms with E-state index in [-0.39, 0.29) is 0 Å². The Morgan fingerprint density at radius 3 is 2.80 bits per heavy atom. The lowest BCUT2D eigenvalue weighted by atomic mass is 9.85. The van der Waals surface area contributed by atoms with E-state index in [9.17, 15) is 5.11 Å². The Bertz CT molecular complexity index is 439. The Morgan fingerprint density at radius 1 is 1.27 bits per heavy atom. The van der Waals surface area contributed by atoms with Crippen LogP contribution in [0.25, 0.3) is 5.57 Å². The van der Waals surface area contributed by atoms with Gasteiger partial charge in [0.1, 0.15) is 0 Å². The van der Waals surface area contributed by atoms with E-state index in [0.717, 1.165) is 25.7 Å². The maximum atomic E-state index is 10.2. The molecule has 0 amide bonds. The molecule has 0 unspecified atom stereocenters. The fourth-order valence-corrected chi connectivity index (χ4v) is 2.59. The van der Waals surface area contributed by atoms with E-state index in [1.165, 1.54) is 22.3 Å². The van der Waals surface area contributed by atoms with Gasteiger partial charge in [-0.1, -0.05) is 24.3 Å². The van der Waals surface area contributed by atoms with Crippen molar-refractivity contribution in [1.29, 1.82) is 0 Å². The third-order valence-corrected chi connectivity index (χ3v) is 3.67. The molecule has 0 aromatic heterocycles. The summed E-state index contributed by atoms with van der Waals surface area (Å²) in [7, 11) is 0. The Hall–Kier alpha value is -1.08. The van der Waals surface area contributed by atoms with Gasteiger partial charge in [0.25, 0.3) is 0 Å². The molecule has 0 radical (unpaired) electrons. The highest BCUT2D eigenvalue weighted by Crippen LogP contribution is 2.49. The number of hydrogen-bond donors (Lipinski definition) is 1. The normalized spacial score (nSPS) is 21.9. The van der Waals surface area contributed by atoms with Crippen molar-refractivity contribution in [3.8, 4) is 0 Å². The van der Waals surface area contributed by atoms with Crippen LogP contribution in [0.15, 0.2) is 24.3 Å². The largest absolute Gasteiger partial charge is 0.385 e. The average molecular weight is 200 g/mol. The minimum absolute atomic E-state index is 0.483. The number of fused-ring (bicyclic) bond motifs is 1. The first kappa shape index (κ1) is 9.17. The van der Waals surface area contributed by atoms with E-state index in [1.54, 1.807) is 0 Å². The highest BCUT2D eigenvalue weighted by atomic mass is 16.3. The van der Waals surface area contributed by atoms with Gasteiger partial charge in [0.2, 0.25) is 0 Å². The van der Waals surface area contributed by atoms with Gasteiger partial charge in [0.05, 0.1) is 5.60 Å². The molecule has 1 N–H and O–H groups in total. The van der Waals surface area contributed by atoms with Gasteiger partial charge in [0, 0.05) is 0 Å². The van der Waals surface area contributed by atoms with Crippen molar-refractivity contribution in [3.05, 3.63) is 41.0 Å². The first-order valence-corrected chi connectivity index (χ1v) is 5.73. The molecule has 15 heavy (non-hydrogen) atoms. The third-order valence-electron chi connectivity index (χ3n) is 3.67. The molecule has 1 nitrogen and oxygen atoms in total. The molecule has 0 spiro atoms. The molecule has 1 aromatic carbocycles. The molecule has 1 heteroatoms. The zero-order valence-corrected chi connectivity index (χ0v) is 9.09. The summed E-state index contributed by atoms with van der Waals surface area (Å²) in [5, 5.41) is 10.2. The van der Waals surface area contributed by atoms with Crippen LogP contribution in [-0.4, -0.2) is 10.7 Å². The number of hydrogen-bond acceptors (Lipinski definition) is 1. The Labute approximate surface area is 90.4 Å². The van der Waals surface area contributed by atoms with Crippen molar-refractivity contribution in [2.75, 3.05) is 0 Å². The lowest BCUT2D eigenvalue weighted by Crippen LogP contribution is -2.15. The number of allylic oxidation sites excluding steroid dienone is 1. The molecule has 0 bridgehead atoms. The second-order valence-electron chi connectivity index (χ2n) is 4.79. The van der Waals surface area contributed by atoms with Gasteiger partial charge in [-0.05, 0) is 54.9 Å². The van der Waals surface area contributed by atoms with Crippen molar-refractivity contribution >= 4 is 5.57 Å². The van der Waals surface area contributed by atoms with Crippen LogP contribution in [0.2, 0.25) is 0 Å². The highest BCUT2D eigenvalue weighted by molar-refractivity contribution is 5.78. The lowest BCUT2D eigenvalue weighted by Gasteiger charge is -2.23. The number of aryl methyl sites for hydroxylation is 1. The van der Waals surface area contributed by atoms with Crippen LogP contribution >= 0.6 is 0 Å². The van der Waals surface area contributed by atoms with Crippen molar-refractivity contribution in [3.63, 3.8) is 0 Å². The first-order valence-electron chi connectivity index (χ1n) is 5.73. The van der Waals surface area contributed by atoms with Crippen LogP contribution in [0.1, 0.15) is 36.0 Å². The van der Waals surface area contributed by atoms with E-state index in [2.05, 4.69) is 31.2 Å². The molecule has 0 heterocycles. The van der Waals surface area contributed by atoms with Crippen LogP contribution < -0.4 is 0 Å². The summed E-state index contributed by atoms with van der Waals surface area (Å²) in [5.41, 5.74) is 4.80. The fourth-order valence-electron chi connectivity index (χ4n) is 2.59. The summed E-state index contributed by atoms with van der Waals surface area (Å²) in [5.74, 6) is 0. The molecule has 3 rings (SSSR count). The summed E-state index contributed by atoms with van der Waals surface area (Å²) >= 11 is 0. The summed E-state index contributed by atoms with van der Waals surface area (Å²) in [6.07, 6.45) is 6.31. The molecule has 0 aliphatic heterocycles. The van der Waals surface area contributed by atoms with Gasteiger partial charge in [0.15, 0.2) is 0 Å². The topological polar surface area (TPSA) is 20.2 Å². The van der Waals surface area contributed by atoms with Gasteiger partial charge in [-0.2, -0.15) is 0 Å². The molecular formula is C14H16O. The van der Waals surface area contributed by atoms with Gasteiger partial charge < -0.3 is 5.11 Å².